The van der Waals surface area contributed by atoms with Crippen LogP contribution in [0.1, 0.15) is 42.3 Å². The van der Waals surface area contributed by atoms with Gasteiger partial charge in [-0.05, 0) is 25.2 Å². The molecule has 3 saturated heterocycles. The minimum Gasteiger partial charge on any atom is -0.381 e. The van der Waals surface area contributed by atoms with Gasteiger partial charge in [0.2, 0.25) is 0 Å². The fourth-order valence-electron chi connectivity index (χ4n) is 3.97. The van der Waals surface area contributed by atoms with E-state index in [1.165, 1.54) is 0 Å². The number of aryl methyl sites for hydroxylation is 1. The van der Waals surface area contributed by atoms with E-state index < -0.39 is 0 Å². The standard InChI is InChI=1S/C18H26N2O4S/c1-2-16-15(8-19-24-16)17(21)20-11-18(12-20)7-14(10-25-18)23-9-13-3-5-22-6-4-13/h8,13-14H,2-7,9-12H2,1H3. The minimum absolute atomic E-state index is 0.0518. The average molecular weight is 366 g/mol. The molecule has 0 aromatic carbocycles. The van der Waals surface area contributed by atoms with Crippen molar-refractivity contribution in [2.24, 2.45) is 5.92 Å². The van der Waals surface area contributed by atoms with Gasteiger partial charge in [-0.3, -0.25) is 4.79 Å². The molecule has 1 aromatic heterocycles. The molecule has 25 heavy (non-hydrogen) atoms. The number of nitrogens with zero attached hydrogens (tertiary/aromatic N) is 2. The van der Waals surface area contributed by atoms with E-state index in [9.17, 15) is 4.79 Å². The SMILES string of the molecule is CCc1oncc1C(=O)N1CC2(CC(OCC3CCOCC3)CS2)C1. The zero-order valence-corrected chi connectivity index (χ0v) is 15.6. The van der Waals surface area contributed by atoms with Crippen LogP contribution in [-0.4, -0.2) is 65.5 Å². The van der Waals surface area contributed by atoms with Crippen molar-refractivity contribution in [3.63, 3.8) is 0 Å². The lowest BCUT2D eigenvalue weighted by molar-refractivity contribution is -0.0118. The van der Waals surface area contributed by atoms with Crippen LogP contribution < -0.4 is 0 Å². The van der Waals surface area contributed by atoms with E-state index in [1.807, 2.05) is 23.6 Å². The number of aromatic nitrogens is 1. The third kappa shape index (κ3) is 3.59. The molecule has 6 nitrogen and oxygen atoms in total. The molecule has 1 amide bonds. The first-order valence-electron chi connectivity index (χ1n) is 9.25. The van der Waals surface area contributed by atoms with Gasteiger partial charge in [0, 0.05) is 45.1 Å². The molecule has 1 unspecified atom stereocenters. The van der Waals surface area contributed by atoms with Gasteiger partial charge < -0.3 is 18.9 Å². The first-order valence-corrected chi connectivity index (χ1v) is 10.2. The summed E-state index contributed by atoms with van der Waals surface area (Å²) in [4.78, 5) is 14.5. The van der Waals surface area contributed by atoms with Gasteiger partial charge in [-0.2, -0.15) is 0 Å². The second-order valence-electron chi connectivity index (χ2n) is 7.39. The largest absolute Gasteiger partial charge is 0.381 e. The first-order chi connectivity index (χ1) is 12.2. The van der Waals surface area contributed by atoms with Crippen LogP contribution in [0.5, 0.6) is 0 Å². The van der Waals surface area contributed by atoms with Crippen LogP contribution in [0.2, 0.25) is 0 Å². The lowest BCUT2D eigenvalue weighted by atomic mass is 9.92. The van der Waals surface area contributed by atoms with Crippen LogP contribution in [-0.2, 0) is 15.9 Å². The Labute approximate surface area is 152 Å². The van der Waals surface area contributed by atoms with Gasteiger partial charge in [0.25, 0.3) is 5.91 Å². The number of ether oxygens (including phenoxy) is 2. The molecular formula is C18H26N2O4S. The predicted octanol–water partition coefficient (Wildman–Crippen LogP) is 2.38. The topological polar surface area (TPSA) is 64.8 Å². The molecule has 3 fully saturated rings. The van der Waals surface area contributed by atoms with Gasteiger partial charge in [0.1, 0.15) is 11.3 Å². The summed E-state index contributed by atoms with van der Waals surface area (Å²) in [6, 6.07) is 0. The van der Waals surface area contributed by atoms with Gasteiger partial charge in [-0.25, -0.2) is 0 Å². The molecular weight excluding hydrogens is 340 g/mol. The van der Waals surface area contributed by atoms with E-state index in [-0.39, 0.29) is 10.7 Å². The molecule has 4 heterocycles. The molecule has 0 radical (unpaired) electrons. The Balaban J connectivity index is 1.25. The first kappa shape index (κ1) is 17.4. The van der Waals surface area contributed by atoms with Gasteiger partial charge in [0.05, 0.1) is 17.0 Å². The maximum absolute atomic E-state index is 12.6. The summed E-state index contributed by atoms with van der Waals surface area (Å²) in [6.45, 7) is 6.19. The summed E-state index contributed by atoms with van der Waals surface area (Å²) < 4.78 is 16.9. The number of amides is 1. The number of rotatable bonds is 5. The molecule has 4 rings (SSSR count). The van der Waals surface area contributed by atoms with Crippen molar-refractivity contribution in [3.8, 4) is 0 Å². The Morgan fingerprint density at radius 3 is 3.00 bits per heavy atom. The normalized spacial score (nSPS) is 26.1. The summed E-state index contributed by atoms with van der Waals surface area (Å²) in [5.41, 5.74) is 0.618. The lowest BCUT2D eigenvalue weighted by Gasteiger charge is -2.47. The van der Waals surface area contributed by atoms with E-state index >= 15 is 0 Å². The molecule has 0 bridgehead atoms. The van der Waals surface area contributed by atoms with Crippen molar-refractivity contribution in [1.82, 2.24) is 10.1 Å². The third-order valence-corrected chi connectivity index (χ3v) is 7.10. The van der Waals surface area contributed by atoms with Gasteiger partial charge >= 0.3 is 0 Å². The lowest BCUT2D eigenvalue weighted by Crippen LogP contribution is -2.60. The van der Waals surface area contributed by atoms with Crippen LogP contribution in [0.4, 0.5) is 0 Å². The summed E-state index contributed by atoms with van der Waals surface area (Å²) in [5, 5.41) is 3.77. The van der Waals surface area contributed by atoms with Crippen molar-refractivity contribution in [2.75, 3.05) is 38.7 Å². The van der Waals surface area contributed by atoms with E-state index in [1.54, 1.807) is 6.20 Å². The zero-order chi connectivity index (χ0) is 17.3. The van der Waals surface area contributed by atoms with Gasteiger partial charge in [-0.1, -0.05) is 12.1 Å². The monoisotopic (exact) mass is 366 g/mol. The number of likely N-dealkylation sites (tertiary alicyclic amines) is 1. The second kappa shape index (κ2) is 7.29. The smallest absolute Gasteiger partial charge is 0.259 e. The Morgan fingerprint density at radius 2 is 2.24 bits per heavy atom. The zero-order valence-electron chi connectivity index (χ0n) is 14.7. The maximum Gasteiger partial charge on any atom is 0.259 e. The summed E-state index contributed by atoms with van der Waals surface area (Å²) >= 11 is 1.97. The Kier molecular flexibility index (Phi) is 5.06. The molecule has 0 N–H and O–H groups in total. The highest BCUT2D eigenvalue weighted by Gasteiger charge is 2.51. The van der Waals surface area contributed by atoms with Crippen LogP contribution in [0.25, 0.3) is 0 Å². The molecule has 7 heteroatoms. The van der Waals surface area contributed by atoms with Gasteiger partial charge in [0.15, 0.2) is 0 Å². The number of carbonyl (C=O) groups excluding carboxylic acids is 1. The summed E-state index contributed by atoms with van der Waals surface area (Å²) in [7, 11) is 0. The summed E-state index contributed by atoms with van der Waals surface area (Å²) in [5.74, 6) is 2.42. The Morgan fingerprint density at radius 1 is 1.44 bits per heavy atom. The molecule has 1 aromatic rings. The number of hydrogen-bond donors (Lipinski definition) is 0. The van der Waals surface area contributed by atoms with Crippen molar-refractivity contribution < 1.29 is 18.8 Å². The van der Waals surface area contributed by atoms with E-state index in [0.29, 0.717) is 29.8 Å². The van der Waals surface area contributed by atoms with E-state index in [4.69, 9.17) is 14.0 Å². The number of thioether (sulfide) groups is 1. The van der Waals surface area contributed by atoms with Crippen molar-refractivity contribution in [3.05, 3.63) is 17.5 Å². The molecule has 3 aliphatic rings. The molecule has 0 aliphatic carbocycles. The predicted molar refractivity (Wildman–Crippen MR) is 94.9 cm³/mol. The molecule has 3 aliphatic heterocycles. The molecule has 1 atom stereocenters. The molecule has 138 valence electrons. The Bertz CT molecular complexity index is 608. The number of hydrogen-bond acceptors (Lipinski definition) is 6. The van der Waals surface area contributed by atoms with Crippen LogP contribution >= 0.6 is 11.8 Å². The fraction of sp³-hybridized carbons (Fsp3) is 0.778. The quantitative estimate of drug-likeness (QED) is 0.797. The van der Waals surface area contributed by atoms with Crippen LogP contribution in [0.15, 0.2) is 10.7 Å². The fourth-order valence-corrected chi connectivity index (χ4v) is 5.52. The highest BCUT2D eigenvalue weighted by atomic mass is 32.2. The summed E-state index contributed by atoms with van der Waals surface area (Å²) in [6.07, 6.45) is 5.85. The molecule has 1 spiro atoms. The highest BCUT2D eigenvalue weighted by Crippen LogP contribution is 2.46. The highest BCUT2D eigenvalue weighted by molar-refractivity contribution is 8.01. The minimum atomic E-state index is 0.0518. The third-order valence-electron chi connectivity index (χ3n) is 5.53. The van der Waals surface area contributed by atoms with E-state index in [2.05, 4.69) is 5.16 Å². The molecule has 0 saturated carbocycles. The second-order valence-corrected chi connectivity index (χ2v) is 8.87. The average Bonchev–Trinajstić information content (AvgIpc) is 3.26. The Hall–Kier alpha value is -1.05. The van der Waals surface area contributed by atoms with Crippen molar-refractivity contribution >= 4 is 17.7 Å². The van der Waals surface area contributed by atoms with Crippen LogP contribution in [0.3, 0.4) is 0 Å². The van der Waals surface area contributed by atoms with Crippen LogP contribution in [0, 0.1) is 5.92 Å². The van der Waals surface area contributed by atoms with Crippen molar-refractivity contribution in [2.45, 2.75) is 43.5 Å². The maximum atomic E-state index is 12.6. The van der Waals surface area contributed by atoms with Crippen molar-refractivity contribution in [1.29, 1.82) is 0 Å². The van der Waals surface area contributed by atoms with Gasteiger partial charge in [-0.15, -0.1) is 11.8 Å². The number of carbonyl (C=O) groups is 1. The van der Waals surface area contributed by atoms with E-state index in [0.717, 1.165) is 57.9 Å².